The molecule has 0 rings (SSSR count). The standard InChI is InChI=1S/C50H86NO9P/c1-6-8-10-12-14-16-18-20-21-22-23-24-25-27-29-31-33-35-37-41-50(54)60-48(46-59-61(55,56)58-44-43-51(3,4)5)45-57-49(53)42-38-40-47(52)39-36-34-32-30-28-26-19-17-15-13-11-9-7-2/h14,16,20-21,23-24,26-29,32,34,36,39,47-48,52H,6-13,15,17-19,22,25,30-31,33,35,37-38,40-46H2,1-5H3/p+1/b16-14-,21-20-,24-23-,28-26+,29-27-,34-32+,39-36+/t47?,48-/m1/s1. The predicted octanol–water partition coefficient (Wildman–Crippen LogP) is 12.5. The summed E-state index contributed by atoms with van der Waals surface area (Å²) < 4.78 is 34.2. The number of ether oxygens (including phenoxy) is 2. The molecule has 0 aromatic heterocycles. The molecule has 0 aliphatic carbocycles. The van der Waals surface area contributed by atoms with E-state index >= 15 is 0 Å². The molecule has 0 amide bonds. The number of unbranched alkanes of at least 4 members (excludes halogenated alkanes) is 12. The molecule has 0 aliphatic rings. The van der Waals surface area contributed by atoms with E-state index in [2.05, 4.69) is 74.6 Å². The van der Waals surface area contributed by atoms with Crippen LogP contribution in [0.2, 0.25) is 0 Å². The summed E-state index contributed by atoms with van der Waals surface area (Å²) in [5.41, 5.74) is 0. The molecule has 11 heteroatoms. The Kier molecular flexibility index (Phi) is 39.3. The van der Waals surface area contributed by atoms with Crippen LogP contribution in [0.5, 0.6) is 0 Å². The molecular weight excluding hydrogens is 790 g/mol. The van der Waals surface area contributed by atoms with Gasteiger partial charge in [-0.3, -0.25) is 18.6 Å². The number of quaternary nitrogens is 1. The summed E-state index contributed by atoms with van der Waals surface area (Å²) >= 11 is 0. The van der Waals surface area contributed by atoms with E-state index in [-0.39, 0.29) is 26.1 Å². The van der Waals surface area contributed by atoms with Gasteiger partial charge >= 0.3 is 19.8 Å². The van der Waals surface area contributed by atoms with Gasteiger partial charge in [0.15, 0.2) is 6.10 Å². The number of aliphatic hydroxyl groups excluding tert-OH is 1. The Labute approximate surface area is 372 Å². The van der Waals surface area contributed by atoms with E-state index in [1.165, 1.54) is 64.2 Å². The second-order valence-electron chi connectivity index (χ2n) is 16.6. The number of aliphatic hydroxyl groups is 1. The van der Waals surface area contributed by atoms with E-state index in [4.69, 9.17) is 18.5 Å². The molecule has 10 nitrogen and oxygen atoms in total. The SMILES string of the molecule is CCCCC/C=C\C/C=C\C/C=C\C/C=C\CCCCCC(=O)O[C@H](COC(=O)CCCC(O)/C=C/C=C/C/C=C/CCCCCCCC)COP(=O)(O)OCC[N+](C)(C)C. The van der Waals surface area contributed by atoms with E-state index in [9.17, 15) is 24.2 Å². The average Bonchev–Trinajstić information content (AvgIpc) is 3.21. The van der Waals surface area contributed by atoms with Crippen LogP contribution in [0.15, 0.2) is 85.1 Å². The molecule has 0 saturated heterocycles. The third-order valence-corrected chi connectivity index (χ3v) is 10.5. The number of nitrogens with zero attached hydrogens (tertiary/aromatic N) is 1. The second kappa shape index (κ2) is 41.2. The van der Waals surface area contributed by atoms with Crippen molar-refractivity contribution in [2.24, 2.45) is 0 Å². The van der Waals surface area contributed by atoms with Gasteiger partial charge in [-0.05, 0) is 83.5 Å². The van der Waals surface area contributed by atoms with Crippen molar-refractivity contribution in [3.8, 4) is 0 Å². The molecule has 2 unspecified atom stereocenters. The Balaban J connectivity index is 4.58. The maximum atomic E-state index is 12.7. The van der Waals surface area contributed by atoms with Crippen LogP contribution in [-0.2, 0) is 32.7 Å². The van der Waals surface area contributed by atoms with E-state index in [0.29, 0.717) is 30.3 Å². The first-order valence-electron chi connectivity index (χ1n) is 23.4. The van der Waals surface area contributed by atoms with Gasteiger partial charge in [-0.1, -0.05) is 150 Å². The van der Waals surface area contributed by atoms with Gasteiger partial charge in [-0.15, -0.1) is 0 Å². The summed E-state index contributed by atoms with van der Waals surface area (Å²) in [5, 5.41) is 10.3. The lowest BCUT2D eigenvalue weighted by Crippen LogP contribution is -2.37. The topological polar surface area (TPSA) is 129 Å². The number of hydrogen-bond acceptors (Lipinski definition) is 8. The van der Waals surface area contributed by atoms with Gasteiger partial charge < -0.3 is 24.0 Å². The van der Waals surface area contributed by atoms with Crippen LogP contribution in [-0.4, -0.2) is 86.1 Å². The molecule has 0 aliphatic heterocycles. The van der Waals surface area contributed by atoms with Crippen LogP contribution < -0.4 is 0 Å². The minimum Gasteiger partial charge on any atom is -0.462 e. The number of esters is 2. The Morgan fingerprint density at radius 2 is 1.08 bits per heavy atom. The average molecular weight is 877 g/mol. The first kappa shape index (κ1) is 58.1. The van der Waals surface area contributed by atoms with Crippen LogP contribution >= 0.6 is 7.82 Å². The minimum atomic E-state index is -4.44. The number of phosphoric ester groups is 1. The van der Waals surface area contributed by atoms with Gasteiger partial charge in [0.05, 0.1) is 33.9 Å². The van der Waals surface area contributed by atoms with Gasteiger partial charge in [0.25, 0.3) is 0 Å². The number of rotatable bonds is 41. The van der Waals surface area contributed by atoms with Crippen LogP contribution in [0.1, 0.15) is 162 Å². The lowest BCUT2D eigenvalue weighted by Gasteiger charge is -2.24. The highest BCUT2D eigenvalue weighted by atomic mass is 31.2. The first-order chi connectivity index (χ1) is 29.4. The van der Waals surface area contributed by atoms with E-state index in [1.807, 2.05) is 39.4 Å². The Hall–Kier alpha value is -2.85. The number of allylic oxidation sites excluding steroid dienone is 13. The van der Waals surface area contributed by atoms with Gasteiger partial charge in [-0.2, -0.15) is 0 Å². The predicted molar refractivity (Wildman–Crippen MR) is 253 cm³/mol. The Morgan fingerprint density at radius 1 is 0.590 bits per heavy atom. The number of phosphoric acid groups is 1. The van der Waals surface area contributed by atoms with Gasteiger partial charge in [0.2, 0.25) is 0 Å². The molecule has 61 heavy (non-hydrogen) atoms. The van der Waals surface area contributed by atoms with Crippen LogP contribution in [0.4, 0.5) is 0 Å². The van der Waals surface area contributed by atoms with Crippen molar-refractivity contribution < 1.29 is 47.2 Å². The van der Waals surface area contributed by atoms with Crippen molar-refractivity contribution in [1.82, 2.24) is 0 Å². The molecule has 2 N–H and O–H groups in total. The quantitative estimate of drug-likeness (QED) is 0.0154. The van der Waals surface area contributed by atoms with E-state index in [1.54, 1.807) is 6.08 Å². The monoisotopic (exact) mass is 877 g/mol. The van der Waals surface area contributed by atoms with Gasteiger partial charge in [-0.25, -0.2) is 4.57 Å². The van der Waals surface area contributed by atoms with Crippen molar-refractivity contribution in [3.05, 3.63) is 85.1 Å². The summed E-state index contributed by atoms with van der Waals surface area (Å²) in [6.07, 6.45) is 49.5. The largest absolute Gasteiger partial charge is 0.472 e. The third-order valence-electron chi connectivity index (χ3n) is 9.50. The normalized spacial score (nSPS) is 14.8. The number of hydrogen-bond donors (Lipinski definition) is 2. The van der Waals surface area contributed by atoms with Gasteiger partial charge in [0.1, 0.15) is 19.8 Å². The molecule has 0 bridgehead atoms. The first-order valence-corrected chi connectivity index (χ1v) is 24.9. The molecule has 0 aromatic carbocycles. The van der Waals surface area contributed by atoms with Crippen molar-refractivity contribution in [1.29, 1.82) is 0 Å². The molecule has 0 fully saturated rings. The fraction of sp³-hybridized carbons (Fsp3) is 0.680. The van der Waals surface area contributed by atoms with Crippen molar-refractivity contribution in [2.75, 3.05) is 47.5 Å². The van der Waals surface area contributed by atoms with Gasteiger partial charge in [0, 0.05) is 12.8 Å². The third kappa shape index (κ3) is 45.0. The maximum absolute atomic E-state index is 12.7. The summed E-state index contributed by atoms with van der Waals surface area (Å²) in [5.74, 6) is -1.04. The fourth-order valence-electron chi connectivity index (χ4n) is 5.77. The summed E-state index contributed by atoms with van der Waals surface area (Å²) in [4.78, 5) is 35.4. The van der Waals surface area contributed by atoms with Crippen molar-refractivity contribution >= 4 is 19.8 Å². The fourth-order valence-corrected chi connectivity index (χ4v) is 6.51. The molecule has 0 aromatic rings. The highest BCUT2D eigenvalue weighted by molar-refractivity contribution is 7.47. The number of likely N-dealkylation sites (N-methyl/N-ethyl adjacent to an activating group) is 1. The number of carbonyl (C=O) groups excluding carboxylic acids is 2. The lowest BCUT2D eigenvalue weighted by molar-refractivity contribution is -0.870. The Morgan fingerprint density at radius 3 is 1.67 bits per heavy atom. The summed E-state index contributed by atoms with van der Waals surface area (Å²) in [6, 6.07) is 0. The molecule has 0 saturated carbocycles. The zero-order valence-corrected chi connectivity index (χ0v) is 39.9. The van der Waals surface area contributed by atoms with E-state index < -0.39 is 38.6 Å². The molecule has 350 valence electrons. The molecule has 0 radical (unpaired) electrons. The smallest absolute Gasteiger partial charge is 0.462 e. The minimum absolute atomic E-state index is 0.00813. The molecule has 0 heterocycles. The molecular formula is C50H87NO9P+. The number of carbonyl (C=O) groups is 2. The van der Waals surface area contributed by atoms with Crippen molar-refractivity contribution in [3.63, 3.8) is 0 Å². The summed E-state index contributed by atoms with van der Waals surface area (Å²) in [7, 11) is 1.34. The highest BCUT2D eigenvalue weighted by Crippen LogP contribution is 2.43. The van der Waals surface area contributed by atoms with Crippen molar-refractivity contribution in [2.45, 2.75) is 174 Å². The van der Waals surface area contributed by atoms with Crippen LogP contribution in [0.25, 0.3) is 0 Å². The lowest BCUT2D eigenvalue weighted by atomic mass is 10.1. The highest BCUT2D eigenvalue weighted by Gasteiger charge is 2.27. The summed E-state index contributed by atoms with van der Waals surface area (Å²) in [6.45, 7) is 4.11. The maximum Gasteiger partial charge on any atom is 0.472 e. The zero-order chi connectivity index (χ0) is 45.1. The van der Waals surface area contributed by atoms with Crippen LogP contribution in [0, 0.1) is 0 Å². The molecule has 3 atom stereocenters. The van der Waals surface area contributed by atoms with E-state index in [0.717, 1.165) is 51.4 Å². The Bertz CT molecular complexity index is 1330. The second-order valence-corrected chi connectivity index (χ2v) is 18.1. The van der Waals surface area contributed by atoms with Crippen LogP contribution in [0.3, 0.4) is 0 Å². The zero-order valence-electron chi connectivity index (χ0n) is 39.0. The molecule has 0 spiro atoms.